The van der Waals surface area contributed by atoms with Crippen LogP contribution in [-0.4, -0.2) is 37.7 Å². The van der Waals surface area contributed by atoms with Crippen LogP contribution in [0, 0.1) is 0 Å². The molecule has 0 bridgehead atoms. The molecule has 0 amide bonds. The van der Waals surface area contributed by atoms with Crippen LogP contribution in [0.15, 0.2) is 24.3 Å². The highest BCUT2D eigenvalue weighted by molar-refractivity contribution is 5.22. The number of likely N-dealkylation sites (tertiary alicyclic amines) is 1. The summed E-state index contributed by atoms with van der Waals surface area (Å²) in [5, 5.41) is 3.43. The van der Waals surface area contributed by atoms with E-state index >= 15 is 0 Å². The van der Waals surface area contributed by atoms with Crippen molar-refractivity contribution in [2.45, 2.75) is 39.0 Å². The maximum absolute atomic E-state index is 5.40. The largest absolute Gasteiger partial charge is 0.380 e. The number of nitrogens with zero attached hydrogens (tertiary/aromatic N) is 1. The van der Waals surface area contributed by atoms with E-state index in [-0.39, 0.29) is 0 Å². The van der Waals surface area contributed by atoms with Gasteiger partial charge in [-0.25, -0.2) is 0 Å². The van der Waals surface area contributed by atoms with Gasteiger partial charge in [0, 0.05) is 33.3 Å². The fourth-order valence-electron chi connectivity index (χ4n) is 2.56. The fraction of sp³-hybridized carbons (Fsp3) is 0.625. The molecule has 1 heterocycles. The first kappa shape index (κ1) is 14.5. The van der Waals surface area contributed by atoms with Gasteiger partial charge in [0.1, 0.15) is 0 Å². The van der Waals surface area contributed by atoms with Crippen LogP contribution in [0.25, 0.3) is 0 Å². The minimum atomic E-state index is 0.428. The number of hydrogen-bond donors (Lipinski definition) is 1. The van der Waals surface area contributed by atoms with Crippen LogP contribution in [0.1, 0.15) is 30.9 Å². The molecule has 1 atom stereocenters. The first-order valence-corrected chi connectivity index (χ1v) is 7.35. The molecule has 1 aromatic rings. The molecular weight excluding hydrogens is 236 g/mol. The Morgan fingerprint density at radius 2 is 2.00 bits per heavy atom. The Hall–Kier alpha value is -0.900. The fourth-order valence-corrected chi connectivity index (χ4v) is 2.56. The monoisotopic (exact) mass is 262 g/mol. The Bertz CT molecular complexity index is 364. The summed E-state index contributed by atoms with van der Waals surface area (Å²) in [6.45, 7) is 7.52. The lowest BCUT2D eigenvalue weighted by Gasteiger charge is -2.15. The van der Waals surface area contributed by atoms with Crippen LogP contribution >= 0.6 is 0 Å². The Labute approximate surface area is 116 Å². The van der Waals surface area contributed by atoms with Crippen molar-refractivity contribution in [3.63, 3.8) is 0 Å². The van der Waals surface area contributed by atoms with Crippen LogP contribution in [0.3, 0.4) is 0 Å². The zero-order valence-corrected chi connectivity index (χ0v) is 12.2. The van der Waals surface area contributed by atoms with E-state index < -0.39 is 0 Å². The predicted octanol–water partition coefficient (Wildman–Crippen LogP) is 2.41. The molecule has 1 N–H and O–H groups in total. The van der Waals surface area contributed by atoms with Crippen molar-refractivity contribution < 1.29 is 4.74 Å². The maximum Gasteiger partial charge on any atom is 0.0710 e. The average Bonchev–Trinajstić information content (AvgIpc) is 2.89. The summed E-state index contributed by atoms with van der Waals surface area (Å²) in [6.07, 6.45) is 2.78. The summed E-state index contributed by atoms with van der Waals surface area (Å²) in [5.41, 5.74) is 2.77. The van der Waals surface area contributed by atoms with Crippen LogP contribution < -0.4 is 5.32 Å². The number of benzene rings is 1. The van der Waals surface area contributed by atoms with Crippen molar-refractivity contribution in [3.8, 4) is 0 Å². The van der Waals surface area contributed by atoms with Crippen molar-refractivity contribution in [1.29, 1.82) is 0 Å². The van der Waals surface area contributed by atoms with Crippen molar-refractivity contribution in [2.24, 2.45) is 0 Å². The van der Waals surface area contributed by atoms with Crippen molar-refractivity contribution in [1.82, 2.24) is 10.2 Å². The summed E-state index contributed by atoms with van der Waals surface area (Å²) < 4.78 is 5.40. The molecule has 1 fully saturated rings. The average molecular weight is 262 g/mol. The van der Waals surface area contributed by atoms with E-state index in [0.717, 1.165) is 39.1 Å². The highest BCUT2D eigenvalue weighted by atomic mass is 16.5. The Morgan fingerprint density at radius 3 is 2.63 bits per heavy atom. The smallest absolute Gasteiger partial charge is 0.0710 e. The van der Waals surface area contributed by atoms with Crippen molar-refractivity contribution >= 4 is 0 Å². The van der Waals surface area contributed by atoms with Gasteiger partial charge in [-0.1, -0.05) is 31.2 Å². The summed E-state index contributed by atoms with van der Waals surface area (Å²) in [6, 6.07) is 8.98. The SMILES string of the molecule is CCCNCc1ccc(CN2CCC(OC)C2)cc1. The second-order valence-corrected chi connectivity index (χ2v) is 5.37. The number of hydrogen-bond acceptors (Lipinski definition) is 3. The van der Waals surface area contributed by atoms with E-state index in [1.54, 1.807) is 0 Å². The Kier molecular flexibility index (Phi) is 5.83. The molecule has 19 heavy (non-hydrogen) atoms. The molecule has 0 aliphatic carbocycles. The molecule has 3 nitrogen and oxygen atoms in total. The first-order chi connectivity index (χ1) is 9.31. The second kappa shape index (κ2) is 7.63. The first-order valence-electron chi connectivity index (χ1n) is 7.35. The van der Waals surface area contributed by atoms with E-state index in [9.17, 15) is 0 Å². The van der Waals surface area contributed by atoms with Gasteiger partial charge in [0.05, 0.1) is 6.10 Å². The van der Waals surface area contributed by atoms with Crippen LogP contribution in [-0.2, 0) is 17.8 Å². The Morgan fingerprint density at radius 1 is 1.26 bits per heavy atom. The van der Waals surface area contributed by atoms with E-state index in [2.05, 4.69) is 41.4 Å². The molecule has 0 aromatic heterocycles. The molecular formula is C16H26N2O. The number of nitrogens with one attached hydrogen (secondary N) is 1. The molecule has 3 heteroatoms. The van der Waals surface area contributed by atoms with Crippen molar-refractivity contribution in [3.05, 3.63) is 35.4 Å². The van der Waals surface area contributed by atoms with Gasteiger partial charge in [0.25, 0.3) is 0 Å². The summed E-state index contributed by atoms with van der Waals surface area (Å²) in [7, 11) is 1.81. The van der Waals surface area contributed by atoms with E-state index in [1.165, 1.54) is 17.5 Å². The van der Waals surface area contributed by atoms with Gasteiger partial charge in [0.15, 0.2) is 0 Å². The normalized spacial score (nSPS) is 20.0. The molecule has 1 aliphatic heterocycles. The van der Waals surface area contributed by atoms with Gasteiger partial charge >= 0.3 is 0 Å². The minimum Gasteiger partial charge on any atom is -0.380 e. The highest BCUT2D eigenvalue weighted by Crippen LogP contribution is 2.15. The maximum atomic E-state index is 5.40. The quantitative estimate of drug-likeness (QED) is 0.764. The molecule has 1 saturated heterocycles. The van der Waals surface area contributed by atoms with E-state index in [0.29, 0.717) is 6.10 Å². The third-order valence-electron chi connectivity index (χ3n) is 3.75. The van der Waals surface area contributed by atoms with E-state index in [4.69, 9.17) is 4.74 Å². The van der Waals surface area contributed by atoms with Gasteiger partial charge in [-0.2, -0.15) is 0 Å². The number of ether oxygens (including phenoxy) is 1. The lowest BCUT2D eigenvalue weighted by Crippen LogP contribution is -2.22. The standard InChI is InChI=1S/C16H26N2O/c1-3-9-17-11-14-4-6-15(7-5-14)12-18-10-8-16(13-18)19-2/h4-7,16-17H,3,8-13H2,1-2H3. The zero-order chi connectivity index (χ0) is 13.5. The van der Waals surface area contributed by atoms with Crippen LogP contribution in [0.2, 0.25) is 0 Å². The van der Waals surface area contributed by atoms with Crippen LogP contribution in [0.5, 0.6) is 0 Å². The van der Waals surface area contributed by atoms with Crippen molar-refractivity contribution in [2.75, 3.05) is 26.7 Å². The zero-order valence-electron chi connectivity index (χ0n) is 12.2. The Balaban J connectivity index is 1.78. The predicted molar refractivity (Wildman–Crippen MR) is 79.1 cm³/mol. The molecule has 1 aliphatic rings. The van der Waals surface area contributed by atoms with Gasteiger partial charge < -0.3 is 10.1 Å². The molecule has 1 aromatic carbocycles. The molecule has 106 valence electrons. The van der Waals surface area contributed by atoms with E-state index in [1.807, 2.05) is 7.11 Å². The molecule has 0 radical (unpaired) electrons. The third kappa shape index (κ3) is 4.60. The number of methoxy groups -OCH3 is 1. The lowest BCUT2D eigenvalue weighted by molar-refractivity contribution is 0.107. The lowest BCUT2D eigenvalue weighted by atomic mass is 10.1. The minimum absolute atomic E-state index is 0.428. The number of rotatable bonds is 7. The molecule has 0 saturated carbocycles. The second-order valence-electron chi connectivity index (χ2n) is 5.37. The molecule has 0 spiro atoms. The van der Waals surface area contributed by atoms with Crippen LogP contribution in [0.4, 0.5) is 0 Å². The van der Waals surface area contributed by atoms with Gasteiger partial charge in [0.2, 0.25) is 0 Å². The highest BCUT2D eigenvalue weighted by Gasteiger charge is 2.21. The summed E-state index contributed by atoms with van der Waals surface area (Å²) in [5.74, 6) is 0. The summed E-state index contributed by atoms with van der Waals surface area (Å²) >= 11 is 0. The van der Waals surface area contributed by atoms with Gasteiger partial charge in [-0.3, -0.25) is 4.90 Å². The third-order valence-corrected chi connectivity index (χ3v) is 3.75. The topological polar surface area (TPSA) is 24.5 Å². The summed E-state index contributed by atoms with van der Waals surface area (Å²) in [4.78, 5) is 2.47. The van der Waals surface area contributed by atoms with Gasteiger partial charge in [-0.05, 0) is 30.5 Å². The van der Waals surface area contributed by atoms with Gasteiger partial charge in [-0.15, -0.1) is 0 Å². The molecule has 1 unspecified atom stereocenters. The molecule has 2 rings (SSSR count).